The van der Waals surface area contributed by atoms with Gasteiger partial charge in [0.05, 0.1) is 0 Å². The van der Waals surface area contributed by atoms with Crippen LogP contribution >= 0.6 is 34.7 Å². The Morgan fingerprint density at radius 2 is 2.12 bits per heavy atom. The number of amides is 1. The van der Waals surface area contributed by atoms with Gasteiger partial charge in [-0.1, -0.05) is 54.6 Å². The molecule has 24 heavy (non-hydrogen) atoms. The van der Waals surface area contributed by atoms with Gasteiger partial charge in [0.15, 0.2) is 4.34 Å². The van der Waals surface area contributed by atoms with E-state index in [2.05, 4.69) is 22.4 Å². The van der Waals surface area contributed by atoms with Gasteiger partial charge >= 0.3 is 0 Å². The zero-order chi connectivity index (χ0) is 17.5. The quantitative estimate of drug-likeness (QED) is 0.520. The first-order chi connectivity index (χ1) is 11.5. The molecule has 0 spiro atoms. The van der Waals surface area contributed by atoms with Crippen molar-refractivity contribution in [1.82, 2.24) is 10.2 Å². The van der Waals surface area contributed by atoms with E-state index in [-0.39, 0.29) is 5.91 Å². The number of nitrogens with two attached hydrogens (primary N) is 1. The number of hydrogen-bond donors (Lipinski definition) is 2. The second-order valence-corrected chi connectivity index (χ2v) is 7.93. The van der Waals surface area contributed by atoms with Gasteiger partial charge in [-0.25, -0.2) is 0 Å². The van der Waals surface area contributed by atoms with Gasteiger partial charge in [0.2, 0.25) is 11.0 Å². The lowest BCUT2D eigenvalue weighted by atomic mass is 10.0. The number of aryl methyl sites for hydroxylation is 1. The van der Waals surface area contributed by atoms with Gasteiger partial charge in [-0.15, -0.1) is 10.2 Å². The Hall–Kier alpha value is -1.31. The summed E-state index contributed by atoms with van der Waals surface area (Å²) in [5, 5.41) is 11.9. The molecule has 1 heterocycles. The molecule has 0 saturated heterocycles. The highest BCUT2D eigenvalue weighted by molar-refractivity contribution is 8.01. The molecule has 0 unspecified atom stereocenters. The van der Waals surface area contributed by atoms with Gasteiger partial charge in [0.1, 0.15) is 0 Å². The topological polar surface area (TPSA) is 80.9 Å². The fourth-order valence-corrected chi connectivity index (χ4v) is 4.28. The van der Waals surface area contributed by atoms with Crippen LogP contribution in [0.15, 0.2) is 16.5 Å². The number of carbonyl (C=O) groups excluding carboxylic acids is 1. The third-order valence-electron chi connectivity index (χ3n) is 3.54. The summed E-state index contributed by atoms with van der Waals surface area (Å²) in [5.74, 6) is 0.817. The Balaban J connectivity index is 1.89. The number of nitrogens with zero attached hydrogens (tertiary/aromatic N) is 2. The van der Waals surface area contributed by atoms with Gasteiger partial charge in [-0.3, -0.25) is 4.79 Å². The zero-order valence-electron chi connectivity index (χ0n) is 13.8. The average molecular weight is 385 g/mol. The molecular weight excluding hydrogens is 364 g/mol. The highest BCUT2D eigenvalue weighted by Crippen LogP contribution is 2.30. The van der Waals surface area contributed by atoms with E-state index in [4.69, 9.17) is 17.3 Å². The molecule has 2 aromatic rings. The van der Waals surface area contributed by atoms with Crippen molar-refractivity contribution in [3.63, 3.8) is 0 Å². The van der Waals surface area contributed by atoms with Crippen LogP contribution in [0.3, 0.4) is 0 Å². The number of nitrogens with one attached hydrogen (secondary N) is 1. The van der Waals surface area contributed by atoms with Crippen LogP contribution in [0.4, 0.5) is 10.8 Å². The number of anilines is 2. The largest absolute Gasteiger partial charge is 0.374 e. The first kappa shape index (κ1) is 19.0. The molecule has 8 heteroatoms. The normalized spacial score (nSPS) is 10.8. The van der Waals surface area contributed by atoms with E-state index in [0.29, 0.717) is 16.6 Å². The van der Waals surface area contributed by atoms with Crippen LogP contribution in [0, 0.1) is 0 Å². The maximum atomic E-state index is 12.3. The molecule has 3 N–H and O–H groups in total. The van der Waals surface area contributed by atoms with Crippen LogP contribution in [0.25, 0.3) is 0 Å². The summed E-state index contributed by atoms with van der Waals surface area (Å²) in [4.78, 5) is 12.3. The zero-order valence-corrected chi connectivity index (χ0v) is 16.2. The van der Waals surface area contributed by atoms with Crippen molar-refractivity contribution < 1.29 is 4.79 Å². The maximum Gasteiger partial charge on any atom is 0.224 e. The van der Waals surface area contributed by atoms with E-state index in [1.54, 1.807) is 11.8 Å². The summed E-state index contributed by atoms with van der Waals surface area (Å²) in [6.45, 7) is 4.11. The number of halogens is 1. The molecule has 2 rings (SSSR count). The molecular formula is C16H21ClN4OS2. The number of thioether (sulfide) groups is 1. The van der Waals surface area contributed by atoms with E-state index in [1.807, 2.05) is 19.1 Å². The number of rotatable bonds is 8. The van der Waals surface area contributed by atoms with E-state index >= 15 is 0 Å². The van der Waals surface area contributed by atoms with Gasteiger partial charge in [-0.05, 0) is 36.5 Å². The number of benzene rings is 1. The molecule has 0 bridgehead atoms. The van der Waals surface area contributed by atoms with Crippen LogP contribution in [-0.2, 0) is 17.6 Å². The highest BCUT2D eigenvalue weighted by atomic mass is 35.5. The lowest BCUT2D eigenvalue weighted by Gasteiger charge is -2.16. The molecule has 1 amide bonds. The molecule has 5 nitrogen and oxygen atoms in total. The summed E-state index contributed by atoms with van der Waals surface area (Å²) in [7, 11) is 0. The fourth-order valence-electron chi connectivity index (χ4n) is 2.34. The van der Waals surface area contributed by atoms with Crippen molar-refractivity contribution in [1.29, 1.82) is 0 Å². The SMILES string of the molecule is CCc1ccc(Cl)c(CC)c1NC(=O)CCCSc1nnc(N)s1. The molecule has 0 aliphatic rings. The minimum atomic E-state index is 0.0130. The first-order valence-corrected chi connectivity index (χ1v) is 10.0. The predicted octanol–water partition coefficient (Wildman–Crippen LogP) is 4.41. The molecule has 0 fully saturated rings. The van der Waals surface area contributed by atoms with E-state index in [0.717, 1.165) is 46.2 Å². The lowest BCUT2D eigenvalue weighted by molar-refractivity contribution is -0.116. The van der Waals surface area contributed by atoms with Crippen molar-refractivity contribution in [3.8, 4) is 0 Å². The van der Waals surface area contributed by atoms with Crippen LogP contribution in [0.5, 0.6) is 0 Å². The van der Waals surface area contributed by atoms with Crippen molar-refractivity contribution in [2.75, 3.05) is 16.8 Å². The summed E-state index contributed by atoms with van der Waals surface area (Å²) in [6.07, 6.45) is 2.87. The minimum Gasteiger partial charge on any atom is -0.374 e. The third kappa shape index (κ3) is 5.09. The summed E-state index contributed by atoms with van der Waals surface area (Å²) in [6, 6.07) is 3.88. The van der Waals surface area contributed by atoms with Crippen molar-refractivity contribution in [2.45, 2.75) is 43.9 Å². The second kappa shape index (κ2) is 9.25. The number of aromatic nitrogens is 2. The molecule has 0 radical (unpaired) electrons. The predicted molar refractivity (Wildman–Crippen MR) is 103 cm³/mol. The van der Waals surface area contributed by atoms with E-state index < -0.39 is 0 Å². The molecule has 0 aliphatic heterocycles. The van der Waals surface area contributed by atoms with Gasteiger partial charge in [0.25, 0.3) is 0 Å². The molecule has 0 atom stereocenters. The maximum absolute atomic E-state index is 12.3. The van der Waals surface area contributed by atoms with Crippen molar-refractivity contribution >= 4 is 51.4 Å². The Morgan fingerprint density at radius 1 is 1.33 bits per heavy atom. The first-order valence-electron chi connectivity index (χ1n) is 7.87. The van der Waals surface area contributed by atoms with Crippen LogP contribution in [-0.4, -0.2) is 21.9 Å². The molecule has 0 saturated carbocycles. The Kier molecular flexibility index (Phi) is 7.33. The third-order valence-corrected chi connectivity index (χ3v) is 5.86. The van der Waals surface area contributed by atoms with Gasteiger partial charge < -0.3 is 11.1 Å². The Bertz CT molecular complexity index is 705. The van der Waals surface area contributed by atoms with Crippen LogP contribution in [0.1, 0.15) is 37.8 Å². The molecule has 1 aromatic heterocycles. The van der Waals surface area contributed by atoms with Gasteiger partial charge in [-0.2, -0.15) is 0 Å². The molecule has 130 valence electrons. The standard InChI is InChI=1S/C16H21ClN4OS2/c1-3-10-7-8-12(17)11(4-2)14(10)19-13(22)6-5-9-23-16-21-20-15(18)24-16/h7-8H,3-6,9H2,1-2H3,(H2,18,20)(H,19,22). The summed E-state index contributed by atoms with van der Waals surface area (Å²) < 4.78 is 0.837. The average Bonchev–Trinajstić information content (AvgIpc) is 2.97. The number of carbonyl (C=O) groups is 1. The van der Waals surface area contributed by atoms with Crippen LogP contribution < -0.4 is 11.1 Å². The summed E-state index contributed by atoms with van der Waals surface area (Å²) in [5.41, 5.74) is 8.53. The van der Waals surface area contributed by atoms with Crippen LogP contribution in [0.2, 0.25) is 5.02 Å². The number of nitrogen functional groups attached to an aromatic ring is 1. The van der Waals surface area contributed by atoms with E-state index in [9.17, 15) is 4.79 Å². The van der Waals surface area contributed by atoms with Crippen molar-refractivity contribution in [2.24, 2.45) is 0 Å². The van der Waals surface area contributed by atoms with Gasteiger partial charge in [0, 0.05) is 22.9 Å². The van der Waals surface area contributed by atoms with Crippen molar-refractivity contribution in [3.05, 3.63) is 28.3 Å². The fraction of sp³-hybridized carbons (Fsp3) is 0.438. The Morgan fingerprint density at radius 3 is 2.75 bits per heavy atom. The number of hydrogen-bond acceptors (Lipinski definition) is 6. The molecule has 1 aromatic carbocycles. The highest BCUT2D eigenvalue weighted by Gasteiger charge is 2.13. The Labute approximate surface area is 155 Å². The summed E-state index contributed by atoms with van der Waals surface area (Å²) >= 11 is 9.20. The minimum absolute atomic E-state index is 0.0130. The smallest absolute Gasteiger partial charge is 0.224 e. The lowest BCUT2D eigenvalue weighted by Crippen LogP contribution is -2.14. The van der Waals surface area contributed by atoms with E-state index in [1.165, 1.54) is 11.3 Å². The monoisotopic (exact) mass is 384 g/mol. The molecule has 0 aliphatic carbocycles. The second-order valence-electron chi connectivity index (χ2n) is 5.17.